The third-order valence-corrected chi connectivity index (χ3v) is 7.16. The fourth-order valence-electron chi connectivity index (χ4n) is 4.23. The number of anilines is 1. The summed E-state index contributed by atoms with van der Waals surface area (Å²) in [7, 11) is 3.78. The van der Waals surface area contributed by atoms with Gasteiger partial charge in [0.25, 0.3) is 0 Å². The lowest BCUT2D eigenvalue weighted by molar-refractivity contribution is -0.113. The molecule has 2 aromatic carbocycles. The number of amides is 1. The predicted octanol–water partition coefficient (Wildman–Crippen LogP) is 4.24. The maximum atomic E-state index is 12.8. The Balaban J connectivity index is 1.32. The molecule has 34 heavy (non-hydrogen) atoms. The first-order valence-electron chi connectivity index (χ1n) is 11.3. The van der Waals surface area contributed by atoms with Crippen molar-refractivity contribution in [2.24, 2.45) is 9.98 Å². The zero-order valence-electron chi connectivity index (χ0n) is 19.3. The van der Waals surface area contributed by atoms with E-state index in [0.29, 0.717) is 5.69 Å². The number of aromatic nitrogens is 1. The number of nitrogens with zero attached hydrogens (tertiary/aromatic N) is 4. The summed E-state index contributed by atoms with van der Waals surface area (Å²) in [6, 6.07) is 17.7. The number of pyridine rings is 1. The summed E-state index contributed by atoms with van der Waals surface area (Å²) < 4.78 is 5.30. The Labute approximate surface area is 203 Å². The van der Waals surface area contributed by atoms with Crippen molar-refractivity contribution in [2.45, 2.75) is 18.5 Å². The Hall–Kier alpha value is -3.23. The lowest BCUT2D eigenvalue weighted by atomic mass is 9.99. The smallest absolute Gasteiger partial charge is 0.234 e. The van der Waals surface area contributed by atoms with Crippen LogP contribution in [0.2, 0.25) is 0 Å². The SMILES string of the molecule is COc1ccc(C2=NC3(CCN(C)CC3)N=C2SCC(=O)Nc2cnc3ccccc3c2)cc1. The highest BCUT2D eigenvalue weighted by molar-refractivity contribution is 8.16. The molecule has 174 valence electrons. The zero-order valence-corrected chi connectivity index (χ0v) is 20.1. The second-order valence-electron chi connectivity index (χ2n) is 8.65. The number of nitrogens with one attached hydrogen (secondary N) is 1. The van der Waals surface area contributed by atoms with Gasteiger partial charge in [0.2, 0.25) is 5.91 Å². The number of hydrogen-bond donors (Lipinski definition) is 1. The van der Waals surface area contributed by atoms with E-state index in [-0.39, 0.29) is 11.7 Å². The molecule has 5 rings (SSSR count). The van der Waals surface area contributed by atoms with Crippen LogP contribution in [0, 0.1) is 0 Å². The molecule has 0 aliphatic carbocycles. The van der Waals surface area contributed by atoms with Crippen molar-refractivity contribution in [3.63, 3.8) is 0 Å². The summed E-state index contributed by atoms with van der Waals surface area (Å²) in [6.07, 6.45) is 3.44. The van der Waals surface area contributed by atoms with Crippen molar-refractivity contribution in [3.8, 4) is 5.75 Å². The number of para-hydroxylation sites is 1. The molecule has 0 saturated carbocycles. The third kappa shape index (κ3) is 4.83. The molecule has 1 aromatic heterocycles. The minimum Gasteiger partial charge on any atom is -0.497 e. The molecule has 1 saturated heterocycles. The van der Waals surface area contributed by atoms with Gasteiger partial charge in [0.15, 0.2) is 5.66 Å². The van der Waals surface area contributed by atoms with Gasteiger partial charge in [0.1, 0.15) is 10.8 Å². The highest BCUT2D eigenvalue weighted by Gasteiger charge is 2.39. The van der Waals surface area contributed by atoms with Gasteiger partial charge in [-0.15, -0.1) is 0 Å². The lowest BCUT2D eigenvalue weighted by Crippen LogP contribution is -2.39. The van der Waals surface area contributed by atoms with Gasteiger partial charge in [-0.25, -0.2) is 4.99 Å². The van der Waals surface area contributed by atoms with Crippen molar-refractivity contribution in [3.05, 3.63) is 66.4 Å². The molecule has 0 bridgehead atoms. The molecule has 2 aliphatic heterocycles. The van der Waals surface area contributed by atoms with Crippen LogP contribution in [0.5, 0.6) is 5.75 Å². The first-order chi connectivity index (χ1) is 16.5. The monoisotopic (exact) mass is 473 g/mol. The van der Waals surface area contributed by atoms with Gasteiger partial charge in [-0.05, 0) is 43.4 Å². The molecule has 0 unspecified atom stereocenters. The van der Waals surface area contributed by atoms with Gasteiger partial charge in [0.05, 0.1) is 36.0 Å². The molecular weight excluding hydrogens is 446 g/mol. The number of methoxy groups -OCH3 is 1. The van der Waals surface area contributed by atoms with Crippen LogP contribution < -0.4 is 10.1 Å². The second kappa shape index (κ2) is 9.56. The Kier molecular flexibility index (Phi) is 6.34. The molecule has 8 heteroatoms. The minimum atomic E-state index is -0.428. The topological polar surface area (TPSA) is 79.2 Å². The summed E-state index contributed by atoms with van der Waals surface area (Å²) in [5.41, 5.74) is 3.01. The minimum absolute atomic E-state index is 0.0943. The van der Waals surface area contributed by atoms with Gasteiger partial charge in [-0.2, -0.15) is 0 Å². The second-order valence-corrected chi connectivity index (χ2v) is 9.61. The van der Waals surface area contributed by atoms with E-state index in [1.165, 1.54) is 11.8 Å². The number of fused-ring (bicyclic) bond motifs is 1. The molecule has 3 heterocycles. The molecule has 0 atom stereocenters. The van der Waals surface area contributed by atoms with Crippen LogP contribution in [0.15, 0.2) is 70.8 Å². The van der Waals surface area contributed by atoms with Crippen LogP contribution >= 0.6 is 11.8 Å². The highest BCUT2D eigenvalue weighted by atomic mass is 32.2. The summed E-state index contributed by atoms with van der Waals surface area (Å²) in [5.74, 6) is 0.950. The molecule has 7 nitrogen and oxygen atoms in total. The van der Waals surface area contributed by atoms with E-state index in [1.54, 1.807) is 13.3 Å². The van der Waals surface area contributed by atoms with E-state index in [4.69, 9.17) is 14.7 Å². The van der Waals surface area contributed by atoms with Crippen LogP contribution in [0.4, 0.5) is 5.69 Å². The molecule has 2 aliphatic rings. The van der Waals surface area contributed by atoms with Gasteiger partial charge < -0.3 is 15.0 Å². The maximum absolute atomic E-state index is 12.8. The number of benzene rings is 2. The summed E-state index contributed by atoms with van der Waals surface area (Å²) >= 11 is 1.44. The molecule has 1 fully saturated rings. The van der Waals surface area contributed by atoms with Crippen molar-refractivity contribution >= 4 is 45.0 Å². The van der Waals surface area contributed by atoms with Crippen molar-refractivity contribution < 1.29 is 9.53 Å². The number of thioether (sulfide) groups is 1. The van der Waals surface area contributed by atoms with E-state index >= 15 is 0 Å². The molecule has 0 radical (unpaired) electrons. The molecule has 1 spiro atoms. The van der Waals surface area contributed by atoms with Gasteiger partial charge >= 0.3 is 0 Å². The van der Waals surface area contributed by atoms with Gasteiger partial charge in [0, 0.05) is 36.9 Å². The predicted molar refractivity (Wildman–Crippen MR) is 139 cm³/mol. The van der Waals surface area contributed by atoms with Gasteiger partial charge in [-0.1, -0.05) is 30.0 Å². The average Bonchev–Trinajstić information content (AvgIpc) is 3.23. The molecule has 1 amide bonds. The Bertz CT molecular complexity index is 1260. The quantitative estimate of drug-likeness (QED) is 0.600. The fourth-order valence-corrected chi connectivity index (χ4v) is 5.11. The van der Waals surface area contributed by atoms with Crippen LogP contribution in [-0.2, 0) is 4.79 Å². The van der Waals surface area contributed by atoms with Crippen LogP contribution in [-0.4, -0.2) is 65.2 Å². The average molecular weight is 474 g/mol. The number of rotatable bonds is 5. The summed E-state index contributed by atoms with van der Waals surface area (Å²) in [4.78, 5) is 29.7. The standard InChI is InChI=1S/C26H27N5O2S/c1-31-13-11-26(12-14-31)29-24(18-7-9-21(33-2)10-8-18)25(30-26)34-17-23(32)28-20-15-19-5-3-4-6-22(19)27-16-20/h3-10,15-16H,11-14,17H2,1-2H3,(H,28,32). The van der Waals surface area contributed by atoms with E-state index < -0.39 is 5.66 Å². The third-order valence-electron chi connectivity index (χ3n) is 6.20. The van der Waals surface area contributed by atoms with E-state index in [9.17, 15) is 4.79 Å². The van der Waals surface area contributed by atoms with E-state index in [1.807, 2.05) is 54.6 Å². The summed E-state index contributed by atoms with van der Waals surface area (Å²) in [5, 5.41) is 4.78. The number of carbonyl (C=O) groups is 1. The highest BCUT2D eigenvalue weighted by Crippen LogP contribution is 2.35. The first kappa shape index (κ1) is 22.6. The fraction of sp³-hybridized carbons (Fsp3) is 0.308. The van der Waals surface area contributed by atoms with E-state index in [2.05, 4.69) is 22.2 Å². The Morgan fingerprint density at radius 2 is 1.88 bits per heavy atom. The Morgan fingerprint density at radius 1 is 1.12 bits per heavy atom. The molecule has 3 aromatic rings. The number of aliphatic imine (C=N–C) groups is 2. The van der Waals surface area contributed by atoms with Crippen LogP contribution in [0.3, 0.4) is 0 Å². The molecular formula is C26H27N5O2S. The Morgan fingerprint density at radius 3 is 2.65 bits per heavy atom. The number of ether oxygens (including phenoxy) is 1. The lowest BCUT2D eigenvalue weighted by Gasteiger charge is -2.33. The maximum Gasteiger partial charge on any atom is 0.234 e. The number of carbonyl (C=O) groups excluding carboxylic acids is 1. The first-order valence-corrected chi connectivity index (χ1v) is 12.3. The van der Waals surface area contributed by atoms with Crippen LogP contribution in [0.25, 0.3) is 10.9 Å². The van der Waals surface area contributed by atoms with Crippen LogP contribution in [0.1, 0.15) is 18.4 Å². The molecule has 1 N–H and O–H groups in total. The summed E-state index contributed by atoms with van der Waals surface area (Å²) in [6.45, 7) is 1.91. The van der Waals surface area contributed by atoms with Crippen molar-refractivity contribution in [2.75, 3.05) is 38.3 Å². The largest absolute Gasteiger partial charge is 0.497 e. The van der Waals surface area contributed by atoms with Crippen molar-refractivity contribution in [1.29, 1.82) is 0 Å². The number of likely N-dealkylation sites (tertiary alicyclic amines) is 1. The number of piperidine rings is 1. The normalized spacial score (nSPS) is 17.5. The van der Waals surface area contributed by atoms with Gasteiger partial charge in [-0.3, -0.25) is 14.8 Å². The number of hydrogen-bond acceptors (Lipinski definition) is 7. The van der Waals surface area contributed by atoms with Crippen molar-refractivity contribution in [1.82, 2.24) is 9.88 Å². The van der Waals surface area contributed by atoms with E-state index in [0.717, 1.165) is 58.9 Å². The zero-order chi connectivity index (χ0) is 23.5.